The van der Waals surface area contributed by atoms with Crippen molar-refractivity contribution >= 4 is 11.9 Å². The van der Waals surface area contributed by atoms with Gasteiger partial charge in [-0.3, -0.25) is 14.7 Å². The number of carbonyl (C=O) groups is 2. The molecule has 1 aliphatic rings. The Balaban J connectivity index is 1.90. The molecule has 2 rings (SSSR count). The summed E-state index contributed by atoms with van der Waals surface area (Å²) in [5.41, 5.74) is 0. The van der Waals surface area contributed by atoms with Gasteiger partial charge in [0.25, 0.3) is 5.91 Å². The molecule has 7 heteroatoms. The predicted octanol–water partition coefficient (Wildman–Crippen LogP) is -0.415. The molecule has 1 aromatic rings. The highest BCUT2D eigenvalue weighted by Gasteiger charge is 2.28. The zero-order valence-corrected chi connectivity index (χ0v) is 8.82. The van der Waals surface area contributed by atoms with Crippen molar-refractivity contribution in [2.75, 3.05) is 13.7 Å². The molecule has 16 heavy (non-hydrogen) atoms. The highest BCUT2D eigenvalue weighted by atomic mass is 16.5. The lowest BCUT2D eigenvalue weighted by Gasteiger charge is -1.99. The van der Waals surface area contributed by atoms with Crippen LogP contribution in [0.2, 0.25) is 0 Å². The Bertz CT molecular complexity index is 411. The number of ether oxygens (including phenoxy) is 1. The number of carbonyl (C=O) groups excluding carboxylic acids is 2. The third-order valence-electron chi connectivity index (χ3n) is 2.29. The molecule has 0 aromatic carbocycles. The summed E-state index contributed by atoms with van der Waals surface area (Å²) in [6.45, 7) is -0.178. The summed E-state index contributed by atoms with van der Waals surface area (Å²) in [5.74, 6) is 0.225. The van der Waals surface area contributed by atoms with E-state index in [2.05, 4.69) is 25.2 Å². The lowest BCUT2D eigenvalue weighted by atomic mass is 10.4. The molecule has 86 valence electrons. The maximum absolute atomic E-state index is 11.5. The molecule has 1 heterocycles. The fraction of sp³-hybridized carbons (Fsp3) is 0.556. The van der Waals surface area contributed by atoms with Gasteiger partial charge in [0.15, 0.2) is 0 Å². The number of hydrogen-bond acceptors (Lipinski definition) is 5. The monoisotopic (exact) mass is 224 g/mol. The number of hydrogen-bond donors (Lipinski definition) is 2. The topological polar surface area (TPSA) is 97.0 Å². The van der Waals surface area contributed by atoms with Crippen molar-refractivity contribution < 1.29 is 14.3 Å². The van der Waals surface area contributed by atoms with Crippen LogP contribution >= 0.6 is 0 Å². The fourth-order valence-corrected chi connectivity index (χ4v) is 1.22. The first-order valence-corrected chi connectivity index (χ1v) is 4.98. The van der Waals surface area contributed by atoms with Crippen molar-refractivity contribution in [3.05, 3.63) is 11.6 Å². The molecule has 0 bridgehead atoms. The summed E-state index contributed by atoms with van der Waals surface area (Å²) in [7, 11) is 1.26. The summed E-state index contributed by atoms with van der Waals surface area (Å²) >= 11 is 0. The Kier molecular flexibility index (Phi) is 2.84. The number of nitrogens with zero attached hydrogens (tertiary/aromatic N) is 2. The summed E-state index contributed by atoms with van der Waals surface area (Å²) in [5, 5.41) is 8.86. The largest absolute Gasteiger partial charge is 0.468 e. The van der Waals surface area contributed by atoms with E-state index < -0.39 is 11.9 Å². The second kappa shape index (κ2) is 4.30. The Morgan fingerprint density at radius 3 is 2.94 bits per heavy atom. The Labute approximate surface area is 91.6 Å². The molecular formula is C9H12N4O3. The van der Waals surface area contributed by atoms with Crippen molar-refractivity contribution in [3.63, 3.8) is 0 Å². The van der Waals surface area contributed by atoms with Crippen molar-refractivity contribution in [2.24, 2.45) is 0 Å². The van der Waals surface area contributed by atoms with Gasteiger partial charge in [-0.1, -0.05) is 0 Å². The first kappa shape index (κ1) is 10.6. The molecule has 1 aromatic heterocycles. The molecule has 0 aliphatic heterocycles. The molecule has 7 nitrogen and oxygen atoms in total. The Morgan fingerprint density at radius 1 is 1.56 bits per heavy atom. The molecule has 2 N–H and O–H groups in total. The van der Waals surface area contributed by atoms with Crippen molar-refractivity contribution in [2.45, 2.75) is 18.8 Å². The lowest BCUT2D eigenvalue weighted by Crippen LogP contribution is -2.30. The molecule has 0 saturated heterocycles. The van der Waals surface area contributed by atoms with Crippen LogP contribution in [-0.4, -0.2) is 40.7 Å². The minimum absolute atomic E-state index is 0.0609. The van der Waals surface area contributed by atoms with Crippen LogP contribution in [0.4, 0.5) is 0 Å². The van der Waals surface area contributed by atoms with Gasteiger partial charge in [0.05, 0.1) is 7.11 Å². The molecule has 1 fully saturated rings. The normalized spacial score (nSPS) is 14.6. The standard InChI is InChI=1S/C9H12N4O3/c1-16-6(14)4-10-9(15)8-11-7(12-13-8)5-2-3-5/h5H,2-4H2,1H3,(H,10,15)(H,11,12,13). The molecule has 0 radical (unpaired) electrons. The van der Waals surface area contributed by atoms with E-state index in [1.165, 1.54) is 7.11 Å². The Hall–Kier alpha value is -1.92. The van der Waals surface area contributed by atoms with E-state index >= 15 is 0 Å². The third-order valence-corrected chi connectivity index (χ3v) is 2.29. The molecule has 1 saturated carbocycles. The minimum Gasteiger partial charge on any atom is -0.468 e. The number of aromatic amines is 1. The van der Waals surface area contributed by atoms with E-state index in [0.717, 1.165) is 18.7 Å². The van der Waals surface area contributed by atoms with Gasteiger partial charge < -0.3 is 10.1 Å². The number of methoxy groups -OCH3 is 1. The van der Waals surface area contributed by atoms with Crippen LogP contribution in [0.15, 0.2) is 0 Å². The maximum Gasteiger partial charge on any atom is 0.325 e. The van der Waals surface area contributed by atoms with Crippen LogP contribution in [0, 0.1) is 0 Å². The van der Waals surface area contributed by atoms with Gasteiger partial charge in [-0.15, -0.1) is 5.10 Å². The van der Waals surface area contributed by atoms with Crippen LogP contribution in [0.1, 0.15) is 35.2 Å². The zero-order valence-electron chi connectivity index (χ0n) is 8.82. The number of rotatable bonds is 4. The molecule has 0 unspecified atom stereocenters. The molecule has 0 spiro atoms. The number of amides is 1. The first-order valence-electron chi connectivity index (χ1n) is 4.98. The van der Waals surface area contributed by atoms with E-state index in [4.69, 9.17) is 0 Å². The van der Waals surface area contributed by atoms with Gasteiger partial charge in [-0.2, -0.15) is 0 Å². The van der Waals surface area contributed by atoms with Crippen LogP contribution in [0.5, 0.6) is 0 Å². The predicted molar refractivity (Wildman–Crippen MR) is 52.7 cm³/mol. The van der Waals surface area contributed by atoms with Gasteiger partial charge in [0.1, 0.15) is 12.4 Å². The van der Waals surface area contributed by atoms with Crippen LogP contribution in [-0.2, 0) is 9.53 Å². The van der Waals surface area contributed by atoms with Gasteiger partial charge in [-0.05, 0) is 12.8 Å². The average Bonchev–Trinajstić information content (AvgIpc) is 3.03. The lowest BCUT2D eigenvalue weighted by molar-refractivity contribution is -0.139. The fourth-order valence-electron chi connectivity index (χ4n) is 1.22. The van der Waals surface area contributed by atoms with E-state index in [1.807, 2.05) is 0 Å². The minimum atomic E-state index is -0.508. The van der Waals surface area contributed by atoms with E-state index in [9.17, 15) is 9.59 Å². The number of esters is 1. The van der Waals surface area contributed by atoms with Crippen LogP contribution < -0.4 is 5.32 Å². The van der Waals surface area contributed by atoms with E-state index in [1.54, 1.807) is 0 Å². The Morgan fingerprint density at radius 2 is 2.31 bits per heavy atom. The second-order valence-corrected chi connectivity index (χ2v) is 3.58. The molecule has 0 atom stereocenters. The molecular weight excluding hydrogens is 212 g/mol. The second-order valence-electron chi connectivity index (χ2n) is 3.58. The van der Waals surface area contributed by atoms with Crippen LogP contribution in [0.3, 0.4) is 0 Å². The number of aromatic nitrogens is 3. The zero-order chi connectivity index (χ0) is 11.5. The van der Waals surface area contributed by atoms with Crippen LogP contribution in [0.25, 0.3) is 0 Å². The van der Waals surface area contributed by atoms with Gasteiger partial charge in [-0.25, -0.2) is 4.98 Å². The quantitative estimate of drug-likeness (QED) is 0.677. The average molecular weight is 224 g/mol. The number of nitrogens with one attached hydrogen (secondary N) is 2. The SMILES string of the molecule is COC(=O)CNC(=O)c1n[nH]c(C2CC2)n1. The highest BCUT2D eigenvalue weighted by molar-refractivity contribution is 5.92. The van der Waals surface area contributed by atoms with E-state index in [-0.39, 0.29) is 12.4 Å². The summed E-state index contributed by atoms with van der Waals surface area (Å²) in [6, 6.07) is 0. The van der Waals surface area contributed by atoms with E-state index in [0.29, 0.717) is 5.92 Å². The summed E-state index contributed by atoms with van der Waals surface area (Å²) in [4.78, 5) is 26.3. The van der Waals surface area contributed by atoms with Gasteiger partial charge in [0.2, 0.25) is 5.82 Å². The molecule has 1 amide bonds. The van der Waals surface area contributed by atoms with Gasteiger partial charge in [0, 0.05) is 5.92 Å². The summed E-state index contributed by atoms with van der Waals surface area (Å²) in [6.07, 6.45) is 2.16. The highest BCUT2D eigenvalue weighted by Crippen LogP contribution is 2.37. The van der Waals surface area contributed by atoms with Gasteiger partial charge >= 0.3 is 5.97 Å². The van der Waals surface area contributed by atoms with Crippen molar-refractivity contribution in [1.29, 1.82) is 0 Å². The van der Waals surface area contributed by atoms with Crippen molar-refractivity contribution in [3.8, 4) is 0 Å². The first-order chi connectivity index (χ1) is 7.70. The number of H-pyrrole nitrogens is 1. The molecule has 1 aliphatic carbocycles. The maximum atomic E-state index is 11.5. The van der Waals surface area contributed by atoms with Crippen molar-refractivity contribution in [1.82, 2.24) is 20.5 Å². The smallest absolute Gasteiger partial charge is 0.325 e. The summed E-state index contributed by atoms with van der Waals surface area (Å²) < 4.78 is 4.39. The third kappa shape index (κ3) is 2.36.